The zero-order valence-corrected chi connectivity index (χ0v) is 17.4. The number of benzene rings is 4. The minimum atomic E-state index is -5.02. The summed E-state index contributed by atoms with van der Waals surface area (Å²) >= 11 is 0. The van der Waals surface area contributed by atoms with Crippen molar-refractivity contribution in [3.8, 4) is 28.7 Å². The first-order valence-corrected chi connectivity index (χ1v) is 10.1. The number of ether oxygens (including phenoxy) is 1. The van der Waals surface area contributed by atoms with Gasteiger partial charge in [-0.2, -0.15) is 0 Å². The van der Waals surface area contributed by atoms with Crippen LogP contribution in [0.1, 0.15) is 23.6 Å². The summed E-state index contributed by atoms with van der Waals surface area (Å²) in [6.45, 7) is 2.08. The fourth-order valence-corrected chi connectivity index (χ4v) is 3.44. The highest BCUT2D eigenvalue weighted by atomic mass is 19.4. The average molecular weight is 452 g/mol. The Morgan fingerprint density at radius 2 is 1.48 bits per heavy atom. The van der Waals surface area contributed by atoms with Crippen LogP contribution >= 0.6 is 0 Å². The van der Waals surface area contributed by atoms with Crippen LogP contribution in [0, 0.1) is 23.5 Å². The molecule has 33 heavy (non-hydrogen) atoms. The predicted octanol–water partition coefficient (Wildman–Crippen LogP) is 7.65. The molecule has 0 spiro atoms. The van der Waals surface area contributed by atoms with Gasteiger partial charge in [0.25, 0.3) is 0 Å². The van der Waals surface area contributed by atoms with E-state index in [1.54, 1.807) is 24.3 Å². The molecule has 0 fully saturated rings. The maximum atomic E-state index is 15.1. The summed E-state index contributed by atoms with van der Waals surface area (Å²) < 4.78 is 69.9. The number of hydrogen-bond donors (Lipinski definition) is 0. The Morgan fingerprint density at radius 3 is 2.15 bits per heavy atom. The number of rotatable bonds is 3. The van der Waals surface area contributed by atoms with Crippen LogP contribution in [0.25, 0.3) is 21.9 Å². The molecule has 0 aliphatic heterocycles. The SMILES string of the molecule is CCc1ccc(C#Cc2ccc3c(F)c(-c4ccc(OC(F)(F)F)c(F)c4)ccc3c2)cc1. The van der Waals surface area contributed by atoms with Crippen LogP contribution in [-0.4, -0.2) is 6.36 Å². The molecule has 0 saturated carbocycles. The third kappa shape index (κ3) is 5.15. The molecule has 0 aliphatic carbocycles. The van der Waals surface area contributed by atoms with E-state index in [-0.39, 0.29) is 11.1 Å². The Labute approximate surface area is 187 Å². The smallest absolute Gasteiger partial charge is 0.403 e. The van der Waals surface area contributed by atoms with E-state index in [0.717, 1.165) is 24.1 Å². The molecule has 0 aromatic heterocycles. The average Bonchev–Trinajstić information content (AvgIpc) is 2.79. The lowest BCUT2D eigenvalue weighted by Gasteiger charge is -2.12. The molecule has 4 rings (SSSR count). The zero-order chi connectivity index (χ0) is 23.6. The maximum Gasteiger partial charge on any atom is 0.573 e. The highest BCUT2D eigenvalue weighted by Gasteiger charge is 2.32. The van der Waals surface area contributed by atoms with E-state index in [2.05, 4.69) is 23.5 Å². The van der Waals surface area contributed by atoms with Gasteiger partial charge in [-0.1, -0.05) is 55.2 Å². The monoisotopic (exact) mass is 452 g/mol. The second-order valence-corrected chi connectivity index (χ2v) is 7.36. The molecule has 0 bridgehead atoms. The van der Waals surface area contributed by atoms with Crippen molar-refractivity contribution < 1.29 is 26.7 Å². The summed E-state index contributed by atoms with van der Waals surface area (Å²) in [5.74, 6) is 3.33. The topological polar surface area (TPSA) is 9.23 Å². The van der Waals surface area contributed by atoms with Gasteiger partial charge in [-0.15, -0.1) is 13.2 Å². The molecular weight excluding hydrogens is 435 g/mol. The van der Waals surface area contributed by atoms with Gasteiger partial charge in [0.1, 0.15) is 5.82 Å². The van der Waals surface area contributed by atoms with Crippen molar-refractivity contribution in [2.45, 2.75) is 19.7 Å². The predicted molar refractivity (Wildman–Crippen MR) is 118 cm³/mol. The van der Waals surface area contributed by atoms with Crippen molar-refractivity contribution >= 4 is 10.8 Å². The van der Waals surface area contributed by atoms with Gasteiger partial charge in [-0.05, 0) is 59.3 Å². The van der Waals surface area contributed by atoms with Crippen LogP contribution in [0.3, 0.4) is 0 Å². The van der Waals surface area contributed by atoms with E-state index in [1.807, 2.05) is 24.3 Å². The normalized spacial score (nSPS) is 11.2. The van der Waals surface area contributed by atoms with E-state index in [4.69, 9.17) is 0 Å². The fraction of sp³-hybridized carbons (Fsp3) is 0.111. The molecule has 0 amide bonds. The van der Waals surface area contributed by atoms with Crippen molar-refractivity contribution in [3.05, 3.63) is 101 Å². The van der Waals surface area contributed by atoms with Crippen molar-refractivity contribution in [3.63, 3.8) is 0 Å². The first kappa shape index (κ1) is 22.3. The minimum Gasteiger partial charge on any atom is -0.403 e. The van der Waals surface area contributed by atoms with Crippen molar-refractivity contribution in [2.75, 3.05) is 0 Å². The number of hydrogen-bond acceptors (Lipinski definition) is 1. The van der Waals surface area contributed by atoms with Gasteiger partial charge in [0.15, 0.2) is 11.6 Å². The lowest BCUT2D eigenvalue weighted by Crippen LogP contribution is -2.17. The Bertz CT molecular complexity index is 1380. The van der Waals surface area contributed by atoms with Crippen molar-refractivity contribution in [2.24, 2.45) is 0 Å². The van der Waals surface area contributed by atoms with E-state index >= 15 is 4.39 Å². The molecule has 4 aromatic carbocycles. The zero-order valence-electron chi connectivity index (χ0n) is 17.4. The van der Waals surface area contributed by atoms with Gasteiger partial charge in [0.2, 0.25) is 0 Å². The van der Waals surface area contributed by atoms with E-state index in [0.29, 0.717) is 16.3 Å². The molecule has 0 saturated heterocycles. The van der Waals surface area contributed by atoms with E-state index in [9.17, 15) is 17.6 Å². The van der Waals surface area contributed by atoms with Crippen LogP contribution in [-0.2, 0) is 6.42 Å². The molecule has 0 atom stereocenters. The molecule has 166 valence electrons. The largest absolute Gasteiger partial charge is 0.573 e. The van der Waals surface area contributed by atoms with Crippen molar-refractivity contribution in [1.29, 1.82) is 0 Å². The number of halogens is 5. The molecule has 0 radical (unpaired) electrons. The van der Waals surface area contributed by atoms with Gasteiger partial charge in [0.05, 0.1) is 0 Å². The van der Waals surface area contributed by atoms with Crippen LogP contribution in [0.4, 0.5) is 22.0 Å². The molecule has 4 aromatic rings. The summed E-state index contributed by atoms with van der Waals surface area (Å²) in [6, 6.07) is 18.9. The number of aryl methyl sites for hydroxylation is 1. The Balaban J connectivity index is 1.64. The summed E-state index contributed by atoms with van der Waals surface area (Å²) in [4.78, 5) is 0. The Morgan fingerprint density at radius 1 is 0.788 bits per heavy atom. The lowest BCUT2D eigenvalue weighted by atomic mass is 9.98. The molecular formula is C27H17F5O. The number of alkyl halides is 3. The third-order valence-corrected chi connectivity index (χ3v) is 5.14. The fourth-order valence-electron chi connectivity index (χ4n) is 3.44. The van der Waals surface area contributed by atoms with Crippen molar-refractivity contribution in [1.82, 2.24) is 0 Å². The Hall–Kier alpha value is -3.85. The molecule has 1 nitrogen and oxygen atoms in total. The molecule has 0 heterocycles. The molecule has 0 aliphatic rings. The van der Waals surface area contributed by atoms with Gasteiger partial charge in [-0.3, -0.25) is 0 Å². The second-order valence-electron chi connectivity index (χ2n) is 7.36. The lowest BCUT2D eigenvalue weighted by molar-refractivity contribution is -0.275. The van der Waals surface area contributed by atoms with Crippen LogP contribution in [0.15, 0.2) is 72.8 Å². The van der Waals surface area contributed by atoms with Gasteiger partial charge >= 0.3 is 6.36 Å². The molecule has 6 heteroatoms. The first-order valence-electron chi connectivity index (χ1n) is 10.1. The van der Waals surface area contributed by atoms with Crippen LogP contribution in [0.2, 0.25) is 0 Å². The quantitative estimate of drug-likeness (QED) is 0.229. The van der Waals surface area contributed by atoms with Gasteiger partial charge in [-0.25, -0.2) is 8.78 Å². The summed E-state index contributed by atoms with van der Waals surface area (Å²) in [7, 11) is 0. The van der Waals surface area contributed by atoms with Crippen LogP contribution in [0.5, 0.6) is 5.75 Å². The highest BCUT2D eigenvalue weighted by Crippen LogP contribution is 2.33. The highest BCUT2D eigenvalue weighted by molar-refractivity contribution is 5.89. The van der Waals surface area contributed by atoms with Crippen LogP contribution < -0.4 is 4.74 Å². The maximum absolute atomic E-state index is 15.1. The van der Waals surface area contributed by atoms with E-state index < -0.39 is 23.7 Å². The van der Waals surface area contributed by atoms with Gasteiger partial charge < -0.3 is 4.74 Å². The first-order chi connectivity index (χ1) is 15.7. The molecule has 0 unspecified atom stereocenters. The third-order valence-electron chi connectivity index (χ3n) is 5.14. The standard InChI is InChI=1S/C27H17F5O/c1-2-17-3-5-18(6-4-17)7-8-19-9-12-22-20(15-19)10-13-23(26(22)29)21-11-14-25(24(28)16-21)33-27(30,31)32/h3-6,9-16H,2H2,1H3. The minimum absolute atomic E-state index is 0.0646. The van der Waals surface area contributed by atoms with Gasteiger partial charge in [0, 0.05) is 22.1 Å². The second kappa shape index (κ2) is 8.95. The van der Waals surface area contributed by atoms with E-state index in [1.165, 1.54) is 17.7 Å². The molecule has 0 N–H and O–H groups in total. The number of fused-ring (bicyclic) bond motifs is 1. The summed E-state index contributed by atoms with van der Waals surface area (Å²) in [6.07, 6.45) is -4.07. The summed E-state index contributed by atoms with van der Waals surface area (Å²) in [5.41, 5.74) is 2.96. The summed E-state index contributed by atoms with van der Waals surface area (Å²) in [5, 5.41) is 0.892. The Kier molecular flexibility index (Phi) is 6.06.